The molecular weight excluding hydrogens is 659 g/mol. The number of hydrogen-bond donors (Lipinski definition) is 1. The number of rotatable bonds is 8. The van der Waals surface area contributed by atoms with Crippen LogP contribution in [0, 0.1) is 5.92 Å². The topological polar surface area (TPSA) is 116 Å². The fourth-order valence-corrected chi connectivity index (χ4v) is 8.59. The number of hydrogen-bond acceptors (Lipinski definition) is 9. The first-order chi connectivity index (χ1) is 22.5. The van der Waals surface area contributed by atoms with Crippen LogP contribution in [0.2, 0.25) is 0 Å². The van der Waals surface area contributed by atoms with E-state index < -0.39 is 63.7 Å². The van der Waals surface area contributed by atoms with Crippen LogP contribution >= 0.6 is 23.1 Å². The number of amides is 3. The van der Waals surface area contributed by atoms with Crippen LogP contribution in [-0.4, -0.2) is 48.9 Å². The monoisotopic (exact) mass is 685 g/mol. The summed E-state index contributed by atoms with van der Waals surface area (Å²) in [4.78, 5) is 55.6. The lowest BCUT2D eigenvalue weighted by Gasteiger charge is -2.31. The first-order valence-corrected chi connectivity index (χ1v) is 15.8. The van der Waals surface area contributed by atoms with Crippen molar-refractivity contribution in [1.82, 2.24) is 4.57 Å². The Morgan fingerprint density at radius 3 is 2.26 bits per heavy atom. The number of fused-ring (bicyclic) bond motifs is 2. The predicted octanol–water partition coefficient (Wildman–Crippen LogP) is 5.39. The van der Waals surface area contributed by atoms with E-state index >= 15 is 0 Å². The summed E-state index contributed by atoms with van der Waals surface area (Å²) in [7, 11) is 4.42. The second kappa shape index (κ2) is 12.4. The van der Waals surface area contributed by atoms with E-state index in [1.54, 1.807) is 42.5 Å². The first kappa shape index (κ1) is 32.2. The number of carbonyl (C=O) groups excluding carboxylic acids is 3. The van der Waals surface area contributed by atoms with E-state index in [0.29, 0.717) is 33.4 Å². The molecule has 1 fully saturated rings. The maximum atomic E-state index is 14.1. The number of alkyl halides is 3. The molecule has 0 bridgehead atoms. The number of methoxy groups -OCH3 is 3. The van der Waals surface area contributed by atoms with Crippen molar-refractivity contribution in [2.24, 2.45) is 5.92 Å². The Labute approximate surface area is 274 Å². The van der Waals surface area contributed by atoms with E-state index in [2.05, 4.69) is 5.32 Å². The van der Waals surface area contributed by atoms with Gasteiger partial charge in [-0.3, -0.25) is 23.7 Å². The molecule has 1 N–H and O–H groups in total. The van der Waals surface area contributed by atoms with Gasteiger partial charge in [-0.15, -0.1) is 0 Å². The van der Waals surface area contributed by atoms with Gasteiger partial charge in [-0.05, 0) is 54.1 Å². The lowest BCUT2D eigenvalue weighted by molar-refractivity contribution is -0.137. The molecule has 0 aliphatic carbocycles. The quantitative estimate of drug-likeness (QED) is 0.246. The number of halogens is 3. The minimum atomic E-state index is -4.72. The van der Waals surface area contributed by atoms with Gasteiger partial charge in [0.2, 0.25) is 17.7 Å². The highest BCUT2D eigenvalue weighted by Gasteiger charge is 2.57. The van der Waals surface area contributed by atoms with E-state index in [4.69, 9.17) is 14.2 Å². The molecule has 6 rings (SSSR count). The van der Waals surface area contributed by atoms with Gasteiger partial charge in [0.05, 0.1) is 49.2 Å². The van der Waals surface area contributed by atoms with Crippen molar-refractivity contribution in [3.63, 3.8) is 0 Å². The molecule has 3 heterocycles. The average molecular weight is 686 g/mol. The summed E-state index contributed by atoms with van der Waals surface area (Å²) < 4.78 is 57.9. The van der Waals surface area contributed by atoms with Crippen LogP contribution in [-0.2, 0) is 27.1 Å². The first-order valence-electron chi connectivity index (χ1n) is 14.1. The highest BCUT2D eigenvalue weighted by Crippen LogP contribution is 2.54. The van der Waals surface area contributed by atoms with Gasteiger partial charge in [0, 0.05) is 10.8 Å². The fourth-order valence-electron chi connectivity index (χ4n) is 5.82. The van der Waals surface area contributed by atoms with Crippen molar-refractivity contribution in [2.45, 2.75) is 28.9 Å². The summed E-state index contributed by atoms with van der Waals surface area (Å²) in [5.74, 6) is -2.28. The summed E-state index contributed by atoms with van der Waals surface area (Å²) in [6.45, 7) is -0.621. The molecule has 0 spiro atoms. The second-order valence-electron chi connectivity index (χ2n) is 10.6. The number of carbonyl (C=O) groups is 3. The summed E-state index contributed by atoms with van der Waals surface area (Å²) in [6, 6.07) is 16.0. The van der Waals surface area contributed by atoms with Crippen molar-refractivity contribution in [3.8, 4) is 17.2 Å². The summed E-state index contributed by atoms with van der Waals surface area (Å²) >= 11 is 1.79. The minimum Gasteiger partial charge on any atom is -0.497 e. The number of thiazole rings is 1. The Balaban J connectivity index is 1.42. The predicted molar refractivity (Wildman–Crippen MR) is 169 cm³/mol. The van der Waals surface area contributed by atoms with Crippen LogP contribution in [0.15, 0.2) is 76.6 Å². The molecule has 0 radical (unpaired) electrons. The van der Waals surface area contributed by atoms with Crippen LogP contribution in [0.3, 0.4) is 0 Å². The Morgan fingerprint density at radius 2 is 1.60 bits per heavy atom. The number of anilines is 2. The normalized spacial score (nSPS) is 18.9. The lowest BCUT2D eigenvalue weighted by atomic mass is 9.83. The minimum absolute atomic E-state index is 0.276. The molecule has 2 unspecified atom stereocenters. The zero-order valence-corrected chi connectivity index (χ0v) is 26.6. The molecule has 244 valence electrons. The molecule has 1 aromatic heterocycles. The van der Waals surface area contributed by atoms with Crippen LogP contribution in [0.4, 0.5) is 24.5 Å². The highest BCUT2D eigenvalue weighted by molar-refractivity contribution is 8.00. The Kier molecular flexibility index (Phi) is 8.53. The highest BCUT2D eigenvalue weighted by atomic mass is 32.2. The maximum Gasteiger partial charge on any atom is 0.418 e. The van der Waals surface area contributed by atoms with E-state index in [0.717, 1.165) is 44.7 Å². The van der Waals surface area contributed by atoms with Crippen molar-refractivity contribution < 1.29 is 41.8 Å². The molecule has 10 nitrogen and oxygen atoms in total. The Hall–Kier alpha value is -4.76. The molecule has 2 aliphatic rings. The molecule has 3 aromatic carbocycles. The maximum absolute atomic E-state index is 14.1. The molecular formula is C32H26F3N3O7S2. The largest absolute Gasteiger partial charge is 0.497 e. The van der Waals surface area contributed by atoms with Gasteiger partial charge >= 0.3 is 11.0 Å². The third kappa shape index (κ3) is 5.73. The van der Waals surface area contributed by atoms with Gasteiger partial charge in [-0.25, -0.2) is 4.90 Å². The SMILES string of the molecule is COc1ccc(N2C(=O)C3Sc4c(sc(=O)n4CC(=O)Nc4ccccc4C(F)(F)F)[C@H](c4ccc(OC)c(OC)c4)C3C2=O)cc1. The molecule has 1 saturated heterocycles. The van der Waals surface area contributed by atoms with Gasteiger partial charge in [0.1, 0.15) is 17.5 Å². The number of nitrogens with zero attached hydrogens (tertiary/aromatic N) is 2. The number of benzene rings is 3. The molecule has 47 heavy (non-hydrogen) atoms. The average Bonchev–Trinajstić information content (AvgIpc) is 3.50. The van der Waals surface area contributed by atoms with Crippen molar-refractivity contribution in [2.75, 3.05) is 31.5 Å². The standard InChI is InChI=1S/C32H26F3N3O7S2/c1-43-18-11-9-17(10-12-18)38-28(40)25-24(16-8-13-21(44-2)22(14-16)45-3)27-30(46-26(25)29(38)41)37(31(42)47-27)15-23(39)36-20-7-5-4-6-19(20)32(33,34)35/h4-14,24-26H,15H2,1-3H3,(H,36,39)/t24-,25?,26?/m1/s1. The summed E-state index contributed by atoms with van der Waals surface area (Å²) in [5.41, 5.74) is -0.587. The molecule has 15 heteroatoms. The van der Waals surface area contributed by atoms with Crippen molar-refractivity contribution in [1.29, 1.82) is 0 Å². The van der Waals surface area contributed by atoms with E-state index in [1.807, 2.05) is 0 Å². The summed E-state index contributed by atoms with van der Waals surface area (Å²) in [5, 5.41) is 1.56. The Morgan fingerprint density at radius 1 is 0.894 bits per heavy atom. The van der Waals surface area contributed by atoms with Gasteiger partial charge in [-0.1, -0.05) is 41.3 Å². The Bertz CT molecular complexity index is 1940. The van der Waals surface area contributed by atoms with Crippen LogP contribution < -0.4 is 29.3 Å². The zero-order chi connectivity index (χ0) is 33.6. The number of para-hydroxylation sites is 1. The number of nitrogens with one attached hydrogen (secondary N) is 1. The third-order valence-electron chi connectivity index (χ3n) is 7.95. The van der Waals surface area contributed by atoms with Gasteiger partial charge < -0.3 is 19.5 Å². The smallest absolute Gasteiger partial charge is 0.418 e. The van der Waals surface area contributed by atoms with Crippen LogP contribution in [0.25, 0.3) is 0 Å². The van der Waals surface area contributed by atoms with Crippen LogP contribution in [0.5, 0.6) is 17.2 Å². The molecule has 3 amide bonds. The van der Waals surface area contributed by atoms with Gasteiger partial charge in [0.15, 0.2) is 11.5 Å². The molecule has 3 atom stereocenters. The van der Waals surface area contributed by atoms with E-state index in [-0.39, 0.29) is 5.03 Å². The van der Waals surface area contributed by atoms with Gasteiger partial charge in [-0.2, -0.15) is 13.2 Å². The van der Waals surface area contributed by atoms with Gasteiger partial charge in [0.25, 0.3) is 0 Å². The number of ether oxygens (including phenoxy) is 3. The molecule has 0 saturated carbocycles. The van der Waals surface area contributed by atoms with Crippen molar-refractivity contribution >= 4 is 52.2 Å². The second-order valence-corrected chi connectivity index (χ2v) is 12.7. The molecule has 4 aromatic rings. The fraction of sp³-hybridized carbons (Fsp3) is 0.250. The van der Waals surface area contributed by atoms with Crippen LogP contribution in [0.1, 0.15) is 21.9 Å². The zero-order valence-electron chi connectivity index (χ0n) is 25.0. The molecule has 2 aliphatic heterocycles. The van der Waals surface area contributed by atoms with Crippen molar-refractivity contribution in [3.05, 3.63) is 92.4 Å². The number of aromatic nitrogens is 1. The third-order valence-corrected chi connectivity index (χ3v) is 10.6. The van der Waals surface area contributed by atoms with E-state index in [1.165, 1.54) is 33.5 Å². The summed E-state index contributed by atoms with van der Waals surface area (Å²) in [6.07, 6.45) is -4.72. The number of imide groups is 1. The van der Waals surface area contributed by atoms with E-state index in [9.17, 15) is 32.3 Å². The number of thioether (sulfide) groups is 1. The lowest BCUT2D eigenvalue weighted by Crippen LogP contribution is -2.33.